The Kier molecular flexibility index (Phi) is 5.22. The third-order valence-electron chi connectivity index (χ3n) is 6.69. The summed E-state index contributed by atoms with van der Waals surface area (Å²) in [7, 11) is 0. The molecule has 0 aromatic heterocycles. The second kappa shape index (κ2) is 8.14. The van der Waals surface area contributed by atoms with E-state index in [0.29, 0.717) is 18.2 Å². The summed E-state index contributed by atoms with van der Waals surface area (Å²) in [5.41, 5.74) is 2.49. The SMILES string of the molecule is C=CCN1[C@@H]2CC[C@H]1CC(OC(c1ccccc1)c1ccc3ccccc3c1)C2. The maximum absolute atomic E-state index is 6.87. The summed E-state index contributed by atoms with van der Waals surface area (Å²) in [6.45, 7) is 4.96. The summed E-state index contributed by atoms with van der Waals surface area (Å²) in [6.07, 6.45) is 7.19. The minimum absolute atomic E-state index is 0.0174. The van der Waals surface area contributed by atoms with Gasteiger partial charge < -0.3 is 4.74 Å². The fourth-order valence-electron chi connectivity index (χ4n) is 5.32. The molecule has 0 N–H and O–H groups in total. The Bertz CT molecular complexity index is 968. The van der Waals surface area contributed by atoms with E-state index >= 15 is 0 Å². The average molecular weight is 384 g/mol. The van der Waals surface area contributed by atoms with Crippen LogP contribution in [0.1, 0.15) is 42.9 Å². The molecule has 0 saturated carbocycles. The highest BCUT2D eigenvalue weighted by atomic mass is 16.5. The number of hydrogen-bond donors (Lipinski definition) is 0. The van der Waals surface area contributed by atoms with E-state index in [2.05, 4.69) is 84.3 Å². The second-order valence-electron chi connectivity index (χ2n) is 8.50. The van der Waals surface area contributed by atoms with E-state index in [4.69, 9.17) is 4.74 Å². The van der Waals surface area contributed by atoms with Crippen LogP contribution in [0.3, 0.4) is 0 Å². The maximum Gasteiger partial charge on any atom is 0.108 e. The average Bonchev–Trinajstić information content (AvgIpc) is 3.00. The molecule has 2 bridgehead atoms. The quantitative estimate of drug-likeness (QED) is 0.475. The lowest BCUT2D eigenvalue weighted by Gasteiger charge is -2.39. The first-order valence-corrected chi connectivity index (χ1v) is 10.9. The molecular weight excluding hydrogens is 354 g/mol. The summed E-state index contributed by atoms with van der Waals surface area (Å²) < 4.78 is 6.87. The summed E-state index contributed by atoms with van der Waals surface area (Å²) >= 11 is 0. The summed E-state index contributed by atoms with van der Waals surface area (Å²) in [5, 5.41) is 2.55. The van der Waals surface area contributed by atoms with E-state index in [1.165, 1.54) is 34.7 Å². The lowest BCUT2D eigenvalue weighted by atomic mass is 9.96. The van der Waals surface area contributed by atoms with Crippen molar-refractivity contribution in [2.75, 3.05) is 6.54 Å². The Labute approximate surface area is 173 Å². The minimum Gasteiger partial charge on any atom is -0.365 e. The van der Waals surface area contributed by atoms with Crippen molar-refractivity contribution in [3.05, 3.63) is 96.6 Å². The van der Waals surface area contributed by atoms with Crippen LogP contribution in [0.5, 0.6) is 0 Å². The molecule has 3 aromatic rings. The molecule has 2 saturated heterocycles. The fraction of sp³-hybridized carbons (Fsp3) is 0.333. The second-order valence-corrected chi connectivity index (χ2v) is 8.50. The van der Waals surface area contributed by atoms with Crippen LogP contribution in [-0.4, -0.2) is 29.6 Å². The summed E-state index contributed by atoms with van der Waals surface area (Å²) in [5.74, 6) is 0. The molecule has 2 nitrogen and oxygen atoms in total. The molecule has 5 rings (SSSR count). The predicted octanol–water partition coefficient (Wildman–Crippen LogP) is 6.13. The van der Waals surface area contributed by atoms with Gasteiger partial charge in [-0.3, -0.25) is 4.90 Å². The smallest absolute Gasteiger partial charge is 0.108 e. The van der Waals surface area contributed by atoms with Gasteiger partial charge in [0, 0.05) is 18.6 Å². The van der Waals surface area contributed by atoms with Crippen LogP contribution in [0.2, 0.25) is 0 Å². The molecule has 0 aliphatic carbocycles. The number of hydrogen-bond acceptors (Lipinski definition) is 2. The van der Waals surface area contributed by atoms with E-state index in [-0.39, 0.29) is 6.10 Å². The largest absolute Gasteiger partial charge is 0.365 e. The molecule has 148 valence electrons. The van der Waals surface area contributed by atoms with Crippen LogP contribution in [0.4, 0.5) is 0 Å². The molecule has 2 unspecified atom stereocenters. The van der Waals surface area contributed by atoms with E-state index in [9.17, 15) is 0 Å². The molecule has 4 atom stereocenters. The topological polar surface area (TPSA) is 12.5 Å². The Balaban J connectivity index is 1.43. The Morgan fingerprint density at radius 2 is 1.55 bits per heavy atom. The highest BCUT2D eigenvalue weighted by Gasteiger charge is 2.41. The highest BCUT2D eigenvalue weighted by molar-refractivity contribution is 5.83. The first-order valence-electron chi connectivity index (χ1n) is 10.9. The van der Waals surface area contributed by atoms with Gasteiger partial charge in [0.15, 0.2) is 0 Å². The van der Waals surface area contributed by atoms with Gasteiger partial charge >= 0.3 is 0 Å². The zero-order valence-electron chi connectivity index (χ0n) is 16.9. The summed E-state index contributed by atoms with van der Waals surface area (Å²) in [4.78, 5) is 2.64. The molecule has 2 fully saturated rings. The van der Waals surface area contributed by atoms with Gasteiger partial charge in [0.25, 0.3) is 0 Å². The maximum atomic E-state index is 6.87. The third-order valence-corrected chi connectivity index (χ3v) is 6.69. The van der Waals surface area contributed by atoms with E-state index in [1.807, 2.05) is 6.08 Å². The van der Waals surface area contributed by atoms with Crippen molar-refractivity contribution in [2.24, 2.45) is 0 Å². The third kappa shape index (κ3) is 3.75. The Hall–Kier alpha value is -2.42. The van der Waals surface area contributed by atoms with Gasteiger partial charge in [-0.1, -0.05) is 72.8 Å². The van der Waals surface area contributed by atoms with Crippen molar-refractivity contribution in [2.45, 2.75) is 50.0 Å². The van der Waals surface area contributed by atoms with Crippen LogP contribution in [-0.2, 0) is 4.74 Å². The van der Waals surface area contributed by atoms with Gasteiger partial charge in [0.05, 0.1) is 6.10 Å². The zero-order chi connectivity index (χ0) is 19.6. The molecule has 2 heterocycles. The molecule has 3 aromatic carbocycles. The number of rotatable bonds is 6. The molecule has 0 spiro atoms. The van der Waals surface area contributed by atoms with Crippen molar-refractivity contribution in [1.82, 2.24) is 4.90 Å². The van der Waals surface area contributed by atoms with Crippen molar-refractivity contribution in [3.63, 3.8) is 0 Å². The normalized spacial score (nSPS) is 25.2. The monoisotopic (exact) mass is 383 g/mol. The Morgan fingerprint density at radius 3 is 2.28 bits per heavy atom. The fourth-order valence-corrected chi connectivity index (χ4v) is 5.32. The van der Waals surface area contributed by atoms with Crippen molar-refractivity contribution < 1.29 is 4.74 Å². The van der Waals surface area contributed by atoms with Gasteiger partial charge in [-0.25, -0.2) is 0 Å². The van der Waals surface area contributed by atoms with Crippen LogP contribution in [0, 0.1) is 0 Å². The molecule has 2 aliphatic heterocycles. The number of fused-ring (bicyclic) bond motifs is 3. The molecule has 0 radical (unpaired) electrons. The lowest BCUT2D eigenvalue weighted by Crippen LogP contribution is -2.45. The number of piperidine rings is 1. The van der Waals surface area contributed by atoms with Crippen LogP contribution < -0.4 is 0 Å². The van der Waals surface area contributed by atoms with Gasteiger partial charge in [-0.05, 0) is 53.6 Å². The number of benzene rings is 3. The molecule has 0 amide bonds. The van der Waals surface area contributed by atoms with E-state index in [0.717, 1.165) is 19.4 Å². The highest BCUT2D eigenvalue weighted by Crippen LogP contribution is 2.39. The first-order chi connectivity index (χ1) is 14.3. The number of ether oxygens (including phenoxy) is 1. The van der Waals surface area contributed by atoms with E-state index < -0.39 is 0 Å². The van der Waals surface area contributed by atoms with Gasteiger partial charge in [-0.15, -0.1) is 6.58 Å². The molecule has 2 aliphatic rings. The predicted molar refractivity (Wildman–Crippen MR) is 120 cm³/mol. The number of nitrogens with zero attached hydrogens (tertiary/aromatic N) is 1. The van der Waals surface area contributed by atoms with Gasteiger partial charge in [-0.2, -0.15) is 0 Å². The van der Waals surface area contributed by atoms with Gasteiger partial charge in [0.1, 0.15) is 6.10 Å². The van der Waals surface area contributed by atoms with Crippen molar-refractivity contribution in [1.29, 1.82) is 0 Å². The summed E-state index contributed by atoms with van der Waals surface area (Å²) in [6, 6.07) is 27.3. The molecule has 29 heavy (non-hydrogen) atoms. The van der Waals surface area contributed by atoms with Crippen molar-refractivity contribution >= 4 is 10.8 Å². The van der Waals surface area contributed by atoms with Crippen LogP contribution in [0.15, 0.2) is 85.5 Å². The standard InChI is InChI=1S/C27H29NO/c1-2-16-28-24-14-15-25(28)19-26(18-24)29-27(21-9-4-3-5-10-21)23-13-12-20-8-6-7-11-22(20)17-23/h2-13,17,24-27H,1,14-16,18-19H2/t24-,25+,26?,27?. The lowest BCUT2D eigenvalue weighted by molar-refractivity contribution is -0.0456. The zero-order valence-corrected chi connectivity index (χ0v) is 16.9. The Morgan fingerprint density at radius 1 is 0.862 bits per heavy atom. The van der Waals surface area contributed by atoms with Crippen molar-refractivity contribution in [3.8, 4) is 0 Å². The first kappa shape index (κ1) is 18.6. The molecule has 2 heteroatoms. The van der Waals surface area contributed by atoms with E-state index in [1.54, 1.807) is 0 Å². The molecular formula is C27H29NO. The van der Waals surface area contributed by atoms with Crippen LogP contribution in [0.25, 0.3) is 10.8 Å². The van der Waals surface area contributed by atoms with Gasteiger partial charge in [0.2, 0.25) is 0 Å². The minimum atomic E-state index is -0.0174. The van der Waals surface area contributed by atoms with Crippen LogP contribution >= 0.6 is 0 Å².